The van der Waals surface area contributed by atoms with Crippen LogP contribution in [0.1, 0.15) is 12.8 Å². The lowest BCUT2D eigenvalue weighted by atomic mass is 10.5. The molecule has 0 amide bonds. The maximum Gasteiger partial charge on any atom is 0.235 e. The first-order chi connectivity index (χ1) is 6.56. The Kier molecular flexibility index (Phi) is 4.10. The van der Waals surface area contributed by atoms with Gasteiger partial charge in [0.05, 0.1) is 6.61 Å². The molecule has 4 nitrogen and oxygen atoms in total. The molecule has 0 aliphatic heterocycles. The van der Waals surface area contributed by atoms with Gasteiger partial charge in [0.1, 0.15) is 0 Å². The fourth-order valence-corrected chi connectivity index (χ4v) is 1.57. The quantitative estimate of drug-likeness (QED) is 0.595. The summed E-state index contributed by atoms with van der Waals surface area (Å²) in [6, 6.07) is 0. The van der Waals surface area contributed by atoms with E-state index in [1.807, 2.05) is 0 Å². The molecule has 14 heavy (non-hydrogen) atoms. The van der Waals surface area contributed by atoms with Crippen molar-refractivity contribution >= 4 is 10.0 Å². The number of rotatable bonds is 7. The van der Waals surface area contributed by atoms with E-state index >= 15 is 0 Å². The topological polar surface area (TPSA) is 46.6 Å². The van der Waals surface area contributed by atoms with Crippen molar-refractivity contribution in [1.29, 1.82) is 0 Å². The molecule has 0 N–H and O–H groups in total. The second kappa shape index (κ2) is 4.91. The van der Waals surface area contributed by atoms with Gasteiger partial charge in [0.2, 0.25) is 10.0 Å². The predicted molar refractivity (Wildman–Crippen MR) is 55.3 cm³/mol. The highest BCUT2D eigenvalue weighted by Crippen LogP contribution is 2.28. The summed E-state index contributed by atoms with van der Waals surface area (Å²) in [6.07, 6.45) is 2.50. The van der Waals surface area contributed by atoms with E-state index in [4.69, 9.17) is 4.74 Å². The second-order valence-electron chi connectivity index (χ2n) is 3.55. The van der Waals surface area contributed by atoms with Crippen LogP contribution in [-0.4, -0.2) is 39.5 Å². The predicted octanol–water partition coefficient (Wildman–Crippen LogP) is 0.818. The summed E-state index contributed by atoms with van der Waals surface area (Å²) >= 11 is 0. The summed E-state index contributed by atoms with van der Waals surface area (Å²) in [7, 11) is -1.74. The van der Waals surface area contributed by atoms with Gasteiger partial charge >= 0.3 is 0 Å². The zero-order valence-electron chi connectivity index (χ0n) is 8.48. The van der Waals surface area contributed by atoms with Gasteiger partial charge in [-0.1, -0.05) is 6.58 Å². The van der Waals surface area contributed by atoms with Crippen molar-refractivity contribution in [2.45, 2.75) is 12.8 Å². The number of sulfonamides is 1. The van der Waals surface area contributed by atoms with E-state index in [2.05, 4.69) is 6.58 Å². The number of hydrogen-bond donors (Lipinski definition) is 0. The molecule has 0 heterocycles. The molecule has 0 aromatic heterocycles. The van der Waals surface area contributed by atoms with Gasteiger partial charge in [0, 0.05) is 25.6 Å². The fourth-order valence-electron chi connectivity index (χ4n) is 0.982. The molecule has 1 rings (SSSR count). The molecule has 0 spiro atoms. The van der Waals surface area contributed by atoms with Crippen molar-refractivity contribution < 1.29 is 13.2 Å². The highest BCUT2D eigenvalue weighted by molar-refractivity contribution is 7.91. The van der Waals surface area contributed by atoms with Crippen molar-refractivity contribution in [3.05, 3.63) is 12.0 Å². The molecule has 0 aromatic rings. The molecular weight excluding hydrogens is 202 g/mol. The molecule has 0 unspecified atom stereocenters. The molecular formula is C9H17NO3S. The standard InChI is InChI=1S/C9H17NO3S/c1-3-14(11,12)10(2)6-7-13-8-9-4-5-9/h3,9H,1,4-8H2,2H3. The third kappa shape index (κ3) is 3.77. The van der Waals surface area contributed by atoms with Crippen LogP contribution in [0.4, 0.5) is 0 Å². The van der Waals surface area contributed by atoms with Crippen LogP contribution in [0.25, 0.3) is 0 Å². The van der Waals surface area contributed by atoms with Crippen molar-refractivity contribution in [2.75, 3.05) is 26.8 Å². The Hall–Kier alpha value is -0.390. The SMILES string of the molecule is C=CS(=O)(=O)N(C)CCOCC1CC1. The molecule has 1 aliphatic carbocycles. The van der Waals surface area contributed by atoms with Gasteiger partial charge in [-0.15, -0.1) is 0 Å². The molecule has 82 valence electrons. The highest BCUT2D eigenvalue weighted by atomic mass is 32.2. The summed E-state index contributed by atoms with van der Waals surface area (Å²) in [5, 5.41) is 0.952. The molecule has 0 aromatic carbocycles. The van der Waals surface area contributed by atoms with Gasteiger partial charge in [-0.25, -0.2) is 8.42 Å². The van der Waals surface area contributed by atoms with Gasteiger partial charge in [0.15, 0.2) is 0 Å². The highest BCUT2D eigenvalue weighted by Gasteiger charge is 2.21. The lowest BCUT2D eigenvalue weighted by Crippen LogP contribution is -2.28. The molecule has 1 aliphatic rings. The summed E-state index contributed by atoms with van der Waals surface area (Å²) in [5.74, 6) is 0.719. The van der Waals surface area contributed by atoms with E-state index in [1.54, 1.807) is 0 Å². The third-order valence-electron chi connectivity index (χ3n) is 2.25. The number of ether oxygens (including phenoxy) is 1. The van der Waals surface area contributed by atoms with E-state index in [0.717, 1.165) is 17.9 Å². The Morgan fingerprint density at radius 1 is 1.57 bits per heavy atom. The molecule has 0 radical (unpaired) electrons. The molecule has 0 bridgehead atoms. The largest absolute Gasteiger partial charge is 0.380 e. The number of nitrogens with zero attached hydrogens (tertiary/aromatic N) is 1. The smallest absolute Gasteiger partial charge is 0.235 e. The average Bonchev–Trinajstić information content (AvgIpc) is 2.95. The molecule has 0 saturated heterocycles. The molecule has 5 heteroatoms. The van der Waals surface area contributed by atoms with Crippen LogP contribution in [0.2, 0.25) is 0 Å². The van der Waals surface area contributed by atoms with Crippen molar-refractivity contribution in [3.63, 3.8) is 0 Å². The zero-order valence-corrected chi connectivity index (χ0v) is 9.29. The minimum atomic E-state index is -3.27. The van der Waals surface area contributed by atoms with Crippen LogP contribution in [0, 0.1) is 5.92 Å². The van der Waals surface area contributed by atoms with Crippen LogP contribution in [0.5, 0.6) is 0 Å². The first-order valence-electron chi connectivity index (χ1n) is 4.73. The van der Waals surface area contributed by atoms with E-state index in [1.165, 1.54) is 24.2 Å². The first-order valence-corrected chi connectivity index (χ1v) is 6.23. The van der Waals surface area contributed by atoms with Crippen molar-refractivity contribution in [3.8, 4) is 0 Å². The number of hydrogen-bond acceptors (Lipinski definition) is 3. The van der Waals surface area contributed by atoms with Crippen LogP contribution in [-0.2, 0) is 14.8 Å². The number of likely N-dealkylation sites (N-methyl/N-ethyl adjacent to an activating group) is 1. The Bertz CT molecular complexity index is 282. The van der Waals surface area contributed by atoms with Crippen LogP contribution in [0.3, 0.4) is 0 Å². The van der Waals surface area contributed by atoms with E-state index in [9.17, 15) is 8.42 Å². The summed E-state index contributed by atoms with van der Waals surface area (Å²) < 4.78 is 29.0. The molecule has 1 saturated carbocycles. The van der Waals surface area contributed by atoms with E-state index < -0.39 is 10.0 Å². The maximum absolute atomic E-state index is 11.2. The Morgan fingerprint density at radius 3 is 2.71 bits per heavy atom. The lowest BCUT2D eigenvalue weighted by molar-refractivity contribution is 0.117. The first kappa shape index (κ1) is 11.7. The van der Waals surface area contributed by atoms with Gasteiger partial charge in [-0.2, -0.15) is 4.31 Å². The van der Waals surface area contributed by atoms with E-state index in [-0.39, 0.29) is 0 Å². The Morgan fingerprint density at radius 2 is 2.21 bits per heavy atom. The second-order valence-corrected chi connectivity index (χ2v) is 5.54. The minimum absolute atomic E-state index is 0.390. The maximum atomic E-state index is 11.2. The van der Waals surface area contributed by atoms with Crippen molar-refractivity contribution in [1.82, 2.24) is 4.31 Å². The summed E-state index contributed by atoms with van der Waals surface area (Å²) in [5.41, 5.74) is 0. The lowest BCUT2D eigenvalue weighted by Gasteiger charge is -2.13. The third-order valence-corrected chi connectivity index (χ3v) is 3.72. The minimum Gasteiger partial charge on any atom is -0.380 e. The van der Waals surface area contributed by atoms with Crippen molar-refractivity contribution in [2.24, 2.45) is 5.92 Å². The molecule has 0 atom stereocenters. The van der Waals surface area contributed by atoms with Gasteiger partial charge in [0.25, 0.3) is 0 Å². The zero-order chi connectivity index (χ0) is 10.6. The van der Waals surface area contributed by atoms with Crippen LogP contribution >= 0.6 is 0 Å². The average molecular weight is 219 g/mol. The normalized spacial score (nSPS) is 17.3. The van der Waals surface area contributed by atoms with E-state index in [0.29, 0.717) is 13.2 Å². The molecule has 1 fully saturated rings. The fraction of sp³-hybridized carbons (Fsp3) is 0.778. The van der Waals surface area contributed by atoms with Gasteiger partial charge < -0.3 is 4.74 Å². The van der Waals surface area contributed by atoms with Crippen LogP contribution in [0.15, 0.2) is 12.0 Å². The monoisotopic (exact) mass is 219 g/mol. The van der Waals surface area contributed by atoms with Gasteiger partial charge in [-0.3, -0.25) is 0 Å². The van der Waals surface area contributed by atoms with Gasteiger partial charge in [-0.05, 0) is 18.8 Å². The Labute approximate surface area is 85.6 Å². The summed E-state index contributed by atoms with van der Waals surface area (Å²) in [6.45, 7) is 4.86. The Balaban J connectivity index is 2.13. The van der Waals surface area contributed by atoms with Crippen LogP contribution < -0.4 is 0 Å². The summed E-state index contributed by atoms with van der Waals surface area (Å²) in [4.78, 5) is 0.